The van der Waals surface area contributed by atoms with Gasteiger partial charge in [0.2, 0.25) is 0 Å². The Morgan fingerprint density at radius 2 is 2.04 bits per heavy atom. The average Bonchev–Trinajstić information content (AvgIpc) is 3.12. The largest absolute Gasteiger partial charge is 0.497 e. The minimum Gasteiger partial charge on any atom is -0.497 e. The second-order valence-corrected chi connectivity index (χ2v) is 6.38. The van der Waals surface area contributed by atoms with Crippen molar-refractivity contribution in [2.75, 3.05) is 25.6 Å². The van der Waals surface area contributed by atoms with E-state index in [4.69, 9.17) is 9.47 Å². The summed E-state index contributed by atoms with van der Waals surface area (Å²) in [5, 5.41) is 16.6. The predicted octanol–water partition coefficient (Wildman–Crippen LogP) is 2.99. The van der Waals surface area contributed by atoms with E-state index in [2.05, 4.69) is 5.32 Å². The van der Waals surface area contributed by atoms with E-state index >= 15 is 0 Å². The van der Waals surface area contributed by atoms with Gasteiger partial charge in [-0.1, -0.05) is 6.07 Å². The molecule has 7 nitrogen and oxygen atoms in total. The Kier molecular flexibility index (Phi) is 6.35. The molecule has 0 bridgehead atoms. The van der Waals surface area contributed by atoms with Crippen molar-refractivity contribution in [2.45, 2.75) is 18.9 Å². The van der Waals surface area contributed by atoms with E-state index in [-0.39, 0.29) is 19.6 Å². The van der Waals surface area contributed by atoms with E-state index in [0.29, 0.717) is 11.4 Å². The monoisotopic (exact) mass is 364 g/mol. The summed E-state index contributed by atoms with van der Waals surface area (Å²) in [4.78, 5) is 24.5. The van der Waals surface area contributed by atoms with Gasteiger partial charge in [0.25, 0.3) is 0 Å². The molecule has 0 radical (unpaired) electrons. The lowest BCUT2D eigenvalue weighted by molar-refractivity contribution is -0.551. The minimum absolute atomic E-state index is 0.0281. The number of thiophene rings is 1. The molecule has 1 aromatic carbocycles. The summed E-state index contributed by atoms with van der Waals surface area (Å²) < 4.78 is 10.1. The van der Waals surface area contributed by atoms with Gasteiger partial charge >= 0.3 is 11.5 Å². The number of rotatable bonds is 9. The number of benzene rings is 1. The Morgan fingerprint density at radius 1 is 1.32 bits per heavy atom. The van der Waals surface area contributed by atoms with Crippen molar-refractivity contribution in [1.29, 1.82) is 0 Å². The van der Waals surface area contributed by atoms with Gasteiger partial charge in [0.15, 0.2) is 0 Å². The maximum atomic E-state index is 12.4. The van der Waals surface area contributed by atoms with Gasteiger partial charge in [-0.25, -0.2) is 4.79 Å². The van der Waals surface area contributed by atoms with Crippen molar-refractivity contribution >= 4 is 23.0 Å². The molecule has 0 aliphatic heterocycles. The highest BCUT2D eigenvalue weighted by Gasteiger charge is 2.53. The summed E-state index contributed by atoms with van der Waals surface area (Å²) in [7, 11) is 1.56. The maximum absolute atomic E-state index is 12.4. The Labute approximate surface area is 149 Å². The van der Waals surface area contributed by atoms with Crippen molar-refractivity contribution in [3.63, 3.8) is 0 Å². The molecule has 0 fully saturated rings. The molecule has 0 saturated carbocycles. The summed E-state index contributed by atoms with van der Waals surface area (Å²) in [5.74, 6) is -0.163. The number of carbonyl (C=O) groups excluding carboxylic acids is 1. The van der Waals surface area contributed by atoms with Gasteiger partial charge in [0, 0.05) is 15.5 Å². The number of nitrogens with one attached hydrogen (secondary N) is 1. The number of methoxy groups -OCH3 is 1. The van der Waals surface area contributed by atoms with Crippen LogP contribution in [0.25, 0.3) is 0 Å². The Morgan fingerprint density at radius 3 is 2.56 bits per heavy atom. The summed E-state index contributed by atoms with van der Waals surface area (Å²) in [6, 6.07) is 10.5. The van der Waals surface area contributed by atoms with E-state index in [9.17, 15) is 14.9 Å². The second-order valence-electron chi connectivity index (χ2n) is 5.35. The molecule has 2 aromatic rings. The molecule has 0 saturated heterocycles. The van der Waals surface area contributed by atoms with Crippen LogP contribution in [0, 0.1) is 10.1 Å². The van der Waals surface area contributed by atoms with Crippen LogP contribution in [0.15, 0.2) is 41.8 Å². The number of nitro groups is 1. The standard InChI is InChI=1S/C17H20N2O5S/c1-3-24-16(20)17(19(21)22,11-15-5-4-10-25-15)12-18-13-6-8-14(23-2)9-7-13/h4-10,18H,3,11-12H2,1-2H3. The van der Waals surface area contributed by atoms with E-state index in [1.807, 2.05) is 5.38 Å². The first kappa shape index (κ1) is 18.7. The molecule has 25 heavy (non-hydrogen) atoms. The highest BCUT2D eigenvalue weighted by molar-refractivity contribution is 7.09. The topological polar surface area (TPSA) is 90.7 Å². The van der Waals surface area contributed by atoms with Gasteiger partial charge in [-0.15, -0.1) is 11.3 Å². The molecule has 0 spiro atoms. The van der Waals surface area contributed by atoms with Gasteiger partial charge < -0.3 is 14.8 Å². The average molecular weight is 364 g/mol. The third kappa shape index (κ3) is 4.48. The smallest absolute Gasteiger partial charge is 0.387 e. The van der Waals surface area contributed by atoms with Crippen LogP contribution in [0.4, 0.5) is 5.69 Å². The Hall–Kier alpha value is -2.61. The van der Waals surface area contributed by atoms with Crippen LogP contribution in [0.1, 0.15) is 11.8 Å². The molecular weight excluding hydrogens is 344 g/mol. The summed E-state index contributed by atoms with van der Waals surface area (Å²) in [6.45, 7) is 1.54. The molecule has 2 rings (SSSR count). The summed E-state index contributed by atoms with van der Waals surface area (Å²) in [5.41, 5.74) is -1.23. The third-order valence-electron chi connectivity index (χ3n) is 3.73. The highest BCUT2D eigenvalue weighted by Crippen LogP contribution is 2.24. The lowest BCUT2D eigenvalue weighted by Crippen LogP contribution is -2.54. The van der Waals surface area contributed by atoms with Crippen molar-refractivity contribution in [3.05, 3.63) is 56.8 Å². The van der Waals surface area contributed by atoms with E-state index < -0.39 is 16.4 Å². The molecule has 0 amide bonds. The van der Waals surface area contributed by atoms with Gasteiger partial charge in [-0.3, -0.25) is 10.1 Å². The van der Waals surface area contributed by atoms with E-state index in [1.54, 1.807) is 50.4 Å². The Balaban J connectivity index is 2.24. The molecule has 134 valence electrons. The molecule has 1 atom stereocenters. The van der Waals surface area contributed by atoms with E-state index in [0.717, 1.165) is 4.88 Å². The van der Waals surface area contributed by atoms with Gasteiger partial charge in [-0.2, -0.15) is 0 Å². The first-order chi connectivity index (χ1) is 12.0. The molecule has 0 aliphatic rings. The molecule has 1 N–H and O–H groups in total. The molecule has 1 heterocycles. The number of esters is 1. The van der Waals surface area contributed by atoms with Crippen LogP contribution in [-0.4, -0.2) is 36.7 Å². The number of hydrogen-bond acceptors (Lipinski definition) is 7. The van der Waals surface area contributed by atoms with Crippen LogP contribution in [0.5, 0.6) is 5.75 Å². The van der Waals surface area contributed by atoms with Crippen molar-refractivity contribution in [1.82, 2.24) is 0 Å². The zero-order valence-corrected chi connectivity index (χ0v) is 14.9. The number of carbonyl (C=O) groups is 1. The number of anilines is 1. The van der Waals surface area contributed by atoms with Gasteiger partial charge in [-0.05, 0) is 42.6 Å². The molecule has 8 heteroatoms. The van der Waals surface area contributed by atoms with Crippen molar-refractivity contribution in [3.8, 4) is 5.75 Å². The number of nitrogens with zero attached hydrogens (tertiary/aromatic N) is 1. The fourth-order valence-corrected chi connectivity index (χ4v) is 3.15. The number of hydrogen-bond donors (Lipinski definition) is 1. The fraction of sp³-hybridized carbons (Fsp3) is 0.353. The van der Waals surface area contributed by atoms with Crippen LogP contribution < -0.4 is 10.1 Å². The Bertz CT molecular complexity index is 702. The first-order valence-corrected chi connectivity index (χ1v) is 8.62. The zero-order valence-electron chi connectivity index (χ0n) is 14.1. The van der Waals surface area contributed by atoms with Crippen LogP contribution >= 0.6 is 11.3 Å². The summed E-state index contributed by atoms with van der Waals surface area (Å²) >= 11 is 1.37. The lowest BCUT2D eigenvalue weighted by Gasteiger charge is -2.23. The highest BCUT2D eigenvalue weighted by atomic mass is 32.1. The fourth-order valence-electron chi connectivity index (χ4n) is 2.33. The van der Waals surface area contributed by atoms with E-state index in [1.165, 1.54) is 11.3 Å². The third-order valence-corrected chi connectivity index (χ3v) is 4.60. The predicted molar refractivity (Wildman–Crippen MR) is 95.9 cm³/mol. The van der Waals surface area contributed by atoms with Crippen LogP contribution in [0.2, 0.25) is 0 Å². The minimum atomic E-state index is -1.89. The first-order valence-electron chi connectivity index (χ1n) is 7.74. The van der Waals surface area contributed by atoms with Crippen molar-refractivity contribution in [2.24, 2.45) is 0 Å². The quantitative estimate of drug-likeness (QED) is 0.418. The van der Waals surface area contributed by atoms with Crippen molar-refractivity contribution < 1.29 is 19.2 Å². The van der Waals surface area contributed by atoms with Crippen LogP contribution in [0.3, 0.4) is 0 Å². The molecule has 0 aliphatic carbocycles. The normalized spacial score (nSPS) is 12.9. The summed E-state index contributed by atoms with van der Waals surface area (Å²) in [6.07, 6.45) is -0.0281. The molecular formula is C17H20N2O5S. The molecule has 1 unspecified atom stereocenters. The molecule has 1 aromatic heterocycles. The second kappa shape index (κ2) is 8.48. The SMILES string of the molecule is CCOC(=O)C(CNc1ccc(OC)cc1)(Cc1cccs1)[N+](=O)[O-]. The number of ether oxygens (including phenoxy) is 2. The van der Waals surface area contributed by atoms with Crippen LogP contribution in [-0.2, 0) is 16.0 Å². The zero-order chi connectivity index (χ0) is 18.3. The van der Waals surface area contributed by atoms with Gasteiger partial charge in [0.1, 0.15) is 5.75 Å². The maximum Gasteiger partial charge on any atom is 0.387 e. The van der Waals surface area contributed by atoms with Gasteiger partial charge in [0.05, 0.1) is 26.7 Å². The lowest BCUT2D eigenvalue weighted by atomic mass is 9.94.